The van der Waals surface area contributed by atoms with Gasteiger partial charge in [0.1, 0.15) is 5.82 Å². The molecule has 1 aromatic heterocycles. The fraction of sp³-hybridized carbons (Fsp3) is 0.727. The lowest BCUT2D eigenvalue weighted by atomic mass is 9.91. The van der Waals surface area contributed by atoms with Gasteiger partial charge in [0.05, 0.1) is 0 Å². The monoisotopic (exact) mass is 208 g/mol. The molecule has 0 spiro atoms. The maximum absolute atomic E-state index is 4.30. The van der Waals surface area contributed by atoms with Crippen LogP contribution in [0.15, 0.2) is 12.3 Å². The molecule has 1 fully saturated rings. The Balaban J connectivity index is 1.86. The summed E-state index contributed by atoms with van der Waals surface area (Å²) >= 11 is 0. The smallest absolute Gasteiger partial charge is 0.148 e. The number of aromatic nitrogens is 2. The van der Waals surface area contributed by atoms with Crippen molar-refractivity contribution in [2.45, 2.75) is 31.7 Å². The Kier molecular flexibility index (Phi) is 2.95. The largest absolute Gasteiger partial charge is 0.367 e. The first-order chi connectivity index (χ1) is 7.18. The first-order valence-corrected chi connectivity index (χ1v) is 5.67. The third-order valence-electron chi connectivity index (χ3n) is 3.08. The third kappa shape index (κ3) is 2.72. The maximum Gasteiger partial charge on any atom is 0.148 e. The van der Waals surface area contributed by atoms with E-state index in [4.69, 9.17) is 0 Å². The summed E-state index contributed by atoms with van der Waals surface area (Å²) in [7, 11) is 1.94. The number of hydrogen-bond donors (Lipinski definition) is 2. The molecule has 1 atom stereocenters. The van der Waals surface area contributed by atoms with Gasteiger partial charge in [0.15, 0.2) is 0 Å². The maximum atomic E-state index is 4.30. The fourth-order valence-electron chi connectivity index (χ4n) is 2.06. The van der Waals surface area contributed by atoms with E-state index in [-0.39, 0.29) is 5.54 Å². The van der Waals surface area contributed by atoms with Gasteiger partial charge in [-0.3, -0.25) is 4.68 Å². The molecule has 0 saturated carbocycles. The van der Waals surface area contributed by atoms with Crippen LogP contribution in [0, 0.1) is 0 Å². The summed E-state index contributed by atoms with van der Waals surface area (Å²) in [5.74, 6) is 0.964. The molecule has 15 heavy (non-hydrogen) atoms. The highest BCUT2D eigenvalue weighted by molar-refractivity contribution is 5.32. The Hall–Kier alpha value is -1.03. The van der Waals surface area contributed by atoms with E-state index < -0.39 is 0 Å². The van der Waals surface area contributed by atoms with Crippen LogP contribution >= 0.6 is 0 Å². The highest BCUT2D eigenvalue weighted by atomic mass is 15.3. The second kappa shape index (κ2) is 4.23. The summed E-state index contributed by atoms with van der Waals surface area (Å²) in [6.07, 6.45) is 5.83. The Bertz CT molecular complexity index is 312. The van der Waals surface area contributed by atoms with Crippen LogP contribution in [0.2, 0.25) is 0 Å². The zero-order chi connectivity index (χ0) is 10.7. The lowest BCUT2D eigenvalue weighted by molar-refractivity contribution is 0.293. The van der Waals surface area contributed by atoms with E-state index in [1.54, 1.807) is 0 Å². The van der Waals surface area contributed by atoms with Crippen LogP contribution in [0.5, 0.6) is 0 Å². The molecule has 0 radical (unpaired) electrons. The van der Waals surface area contributed by atoms with Gasteiger partial charge in [-0.25, -0.2) is 0 Å². The molecule has 0 amide bonds. The molecule has 1 aromatic rings. The van der Waals surface area contributed by atoms with Crippen LogP contribution in [0.1, 0.15) is 26.2 Å². The summed E-state index contributed by atoms with van der Waals surface area (Å²) < 4.78 is 1.82. The quantitative estimate of drug-likeness (QED) is 0.788. The molecule has 1 aliphatic rings. The first-order valence-electron chi connectivity index (χ1n) is 5.67. The number of aryl methyl sites for hydroxylation is 1. The lowest BCUT2D eigenvalue weighted by Crippen LogP contribution is -2.50. The highest BCUT2D eigenvalue weighted by Gasteiger charge is 2.25. The summed E-state index contributed by atoms with van der Waals surface area (Å²) in [6, 6.07) is 2.01. The average molecular weight is 208 g/mol. The predicted octanol–water partition coefficient (Wildman–Crippen LogP) is 1.36. The van der Waals surface area contributed by atoms with Gasteiger partial charge in [-0.15, -0.1) is 0 Å². The molecule has 1 saturated heterocycles. The number of nitrogens with one attached hydrogen (secondary N) is 2. The van der Waals surface area contributed by atoms with Gasteiger partial charge in [-0.1, -0.05) is 6.42 Å². The van der Waals surface area contributed by atoms with Crippen LogP contribution in [0.25, 0.3) is 0 Å². The zero-order valence-corrected chi connectivity index (χ0v) is 9.58. The van der Waals surface area contributed by atoms with Gasteiger partial charge < -0.3 is 10.6 Å². The standard InChI is InChI=1S/C11H20N4/c1-11(6-3-4-7-13-11)9-12-10-5-8-15(2)14-10/h5,8,13H,3-4,6-7,9H2,1-2H3,(H,12,14). The number of hydrogen-bond acceptors (Lipinski definition) is 3. The molecule has 1 aliphatic heterocycles. The lowest BCUT2D eigenvalue weighted by Gasteiger charge is -2.35. The molecule has 2 N–H and O–H groups in total. The number of piperidine rings is 1. The second-order valence-corrected chi connectivity index (χ2v) is 4.67. The molecule has 4 nitrogen and oxygen atoms in total. The van der Waals surface area contributed by atoms with E-state index in [1.807, 2.05) is 24.0 Å². The summed E-state index contributed by atoms with van der Waals surface area (Å²) in [4.78, 5) is 0. The minimum atomic E-state index is 0.232. The molecular weight excluding hydrogens is 188 g/mol. The summed E-state index contributed by atoms with van der Waals surface area (Å²) in [5, 5.41) is 11.3. The zero-order valence-electron chi connectivity index (χ0n) is 9.58. The fourth-order valence-corrected chi connectivity index (χ4v) is 2.06. The SMILES string of the molecule is Cn1ccc(NCC2(C)CCCCN2)n1. The number of nitrogens with zero attached hydrogens (tertiary/aromatic N) is 2. The topological polar surface area (TPSA) is 41.9 Å². The van der Waals surface area contributed by atoms with Crippen LogP contribution in [-0.4, -0.2) is 28.4 Å². The van der Waals surface area contributed by atoms with E-state index in [9.17, 15) is 0 Å². The molecule has 0 aliphatic carbocycles. The molecule has 0 bridgehead atoms. The van der Waals surface area contributed by atoms with Crippen molar-refractivity contribution in [2.75, 3.05) is 18.4 Å². The predicted molar refractivity (Wildman–Crippen MR) is 62.0 cm³/mol. The summed E-state index contributed by atoms with van der Waals surface area (Å²) in [6.45, 7) is 4.37. The summed E-state index contributed by atoms with van der Waals surface area (Å²) in [5.41, 5.74) is 0.232. The van der Waals surface area contributed by atoms with Gasteiger partial charge in [0, 0.05) is 31.4 Å². The van der Waals surface area contributed by atoms with Gasteiger partial charge in [-0.2, -0.15) is 5.10 Å². The highest BCUT2D eigenvalue weighted by Crippen LogP contribution is 2.18. The molecule has 84 valence electrons. The van der Waals surface area contributed by atoms with Gasteiger partial charge >= 0.3 is 0 Å². The Morgan fingerprint density at radius 3 is 3.07 bits per heavy atom. The first kappa shape index (κ1) is 10.5. The van der Waals surface area contributed by atoms with Gasteiger partial charge in [0.2, 0.25) is 0 Å². The number of rotatable bonds is 3. The Labute approximate surface area is 91.1 Å². The van der Waals surface area contributed by atoms with Crippen molar-refractivity contribution >= 4 is 5.82 Å². The molecule has 1 unspecified atom stereocenters. The van der Waals surface area contributed by atoms with Crippen molar-refractivity contribution in [3.8, 4) is 0 Å². The Morgan fingerprint density at radius 2 is 2.47 bits per heavy atom. The minimum Gasteiger partial charge on any atom is -0.367 e. The van der Waals surface area contributed by atoms with E-state index in [0.29, 0.717) is 0 Å². The number of anilines is 1. The molecular formula is C11H20N4. The normalized spacial score (nSPS) is 26.5. The molecule has 2 heterocycles. The van der Waals surface area contributed by atoms with Crippen LogP contribution < -0.4 is 10.6 Å². The van der Waals surface area contributed by atoms with E-state index in [1.165, 1.54) is 19.3 Å². The van der Waals surface area contributed by atoms with Crippen molar-refractivity contribution in [1.29, 1.82) is 0 Å². The van der Waals surface area contributed by atoms with Crippen molar-refractivity contribution in [2.24, 2.45) is 7.05 Å². The van der Waals surface area contributed by atoms with Crippen molar-refractivity contribution in [1.82, 2.24) is 15.1 Å². The molecule has 2 rings (SSSR count). The Morgan fingerprint density at radius 1 is 1.60 bits per heavy atom. The van der Waals surface area contributed by atoms with Crippen molar-refractivity contribution in [3.63, 3.8) is 0 Å². The second-order valence-electron chi connectivity index (χ2n) is 4.67. The minimum absolute atomic E-state index is 0.232. The molecule has 0 aromatic carbocycles. The van der Waals surface area contributed by atoms with E-state index >= 15 is 0 Å². The van der Waals surface area contributed by atoms with Crippen molar-refractivity contribution in [3.05, 3.63) is 12.3 Å². The van der Waals surface area contributed by atoms with Gasteiger partial charge in [-0.05, 0) is 26.3 Å². The van der Waals surface area contributed by atoms with E-state index in [2.05, 4.69) is 22.7 Å². The van der Waals surface area contributed by atoms with Crippen LogP contribution in [-0.2, 0) is 7.05 Å². The average Bonchev–Trinajstić information content (AvgIpc) is 2.63. The third-order valence-corrected chi connectivity index (χ3v) is 3.08. The van der Waals surface area contributed by atoms with Crippen LogP contribution in [0.4, 0.5) is 5.82 Å². The van der Waals surface area contributed by atoms with E-state index in [0.717, 1.165) is 18.9 Å². The van der Waals surface area contributed by atoms with Crippen molar-refractivity contribution < 1.29 is 0 Å². The van der Waals surface area contributed by atoms with Gasteiger partial charge in [0.25, 0.3) is 0 Å². The van der Waals surface area contributed by atoms with Crippen LogP contribution in [0.3, 0.4) is 0 Å². The molecule has 4 heteroatoms.